The lowest BCUT2D eigenvalue weighted by Gasteiger charge is -2.69. The molecule has 1 heterocycles. The predicted molar refractivity (Wildman–Crippen MR) is 88.4 cm³/mol. The number of ketones is 2. The van der Waals surface area contributed by atoms with Gasteiger partial charge in [0.2, 0.25) is 0 Å². The van der Waals surface area contributed by atoms with Crippen molar-refractivity contribution in [3.63, 3.8) is 0 Å². The van der Waals surface area contributed by atoms with Crippen LogP contribution in [0.5, 0.6) is 0 Å². The van der Waals surface area contributed by atoms with Gasteiger partial charge < -0.3 is 26.4 Å². The molecule has 0 aromatic heterocycles. The summed E-state index contributed by atoms with van der Waals surface area (Å²) >= 11 is 0. The topological polar surface area (TPSA) is 136 Å². The number of hydrogen-bond donors (Lipinski definition) is 4. The van der Waals surface area contributed by atoms with Crippen LogP contribution in [0.2, 0.25) is 0 Å². The molecule has 3 aliphatic carbocycles. The Kier molecular flexibility index (Phi) is 3.05. The number of carbonyl (C=O) groups excluding carboxylic acids is 2. The van der Waals surface area contributed by atoms with Gasteiger partial charge in [-0.25, -0.2) is 0 Å². The van der Waals surface area contributed by atoms with Crippen LogP contribution in [0.25, 0.3) is 0 Å². The second-order valence-corrected chi connectivity index (χ2v) is 8.99. The highest BCUT2D eigenvalue weighted by Crippen LogP contribution is 2.68. The lowest BCUT2D eigenvalue weighted by molar-refractivity contribution is -0.202. The molecule has 2 bridgehead atoms. The summed E-state index contributed by atoms with van der Waals surface area (Å²) in [6.45, 7) is 5.26. The van der Waals surface area contributed by atoms with Gasteiger partial charge in [-0.15, -0.1) is 0 Å². The molecule has 25 heavy (non-hydrogen) atoms. The number of Topliss-reactive ketones (excluding diaryl/α,β-unsaturated/α-hetero) is 1. The summed E-state index contributed by atoms with van der Waals surface area (Å²) in [5.41, 5.74) is 7.98. The third-order valence-electron chi connectivity index (χ3n) is 7.92. The second kappa shape index (κ2) is 4.40. The Morgan fingerprint density at radius 2 is 1.88 bits per heavy atom. The van der Waals surface area contributed by atoms with Crippen molar-refractivity contribution in [3.8, 4) is 0 Å². The van der Waals surface area contributed by atoms with Crippen molar-refractivity contribution in [1.82, 2.24) is 0 Å². The van der Waals surface area contributed by atoms with Crippen LogP contribution in [-0.2, 0) is 14.3 Å². The summed E-state index contributed by atoms with van der Waals surface area (Å²) in [6, 6.07) is 0. The maximum Gasteiger partial charge on any atom is 0.184 e. The normalized spacial score (nSPS) is 57.8. The van der Waals surface area contributed by atoms with Gasteiger partial charge in [0.05, 0.1) is 34.8 Å². The van der Waals surface area contributed by atoms with E-state index in [9.17, 15) is 19.8 Å². The Labute approximate surface area is 146 Å². The molecular weight excluding hydrogens is 324 g/mol. The molecule has 0 amide bonds. The van der Waals surface area contributed by atoms with E-state index >= 15 is 0 Å². The molecule has 0 aromatic carbocycles. The summed E-state index contributed by atoms with van der Waals surface area (Å²) in [5.74, 6) is -0.651. The van der Waals surface area contributed by atoms with Crippen molar-refractivity contribution >= 4 is 11.6 Å². The van der Waals surface area contributed by atoms with Crippen molar-refractivity contribution in [3.05, 3.63) is 11.6 Å². The van der Waals surface area contributed by atoms with E-state index in [1.165, 1.54) is 6.08 Å². The SMILES string of the molecule is CC1=CC(=O)C(O)C2(C)[C@@]3(N)C(O)CC4(C)CC3(CO4)C(=O)C[C@@]12N. The Morgan fingerprint density at radius 1 is 1.24 bits per heavy atom. The van der Waals surface area contributed by atoms with E-state index in [-0.39, 0.29) is 25.2 Å². The van der Waals surface area contributed by atoms with E-state index in [0.717, 1.165) is 0 Å². The summed E-state index contributed by atoms with van der Waals surface area (Å²) in [4.78, 5) is 25.7. The van der Waals surface area contributed by atoms with Crippen LogP contribution >= 0.6 is 0 Å². The first-order valence-electron chi connectivity index (χ1n) is 8.72. The van der Waals surface area contributed by atoms with E-state index in [1.807, 2.05) is 6.92 Å². The molecule has 7 nitrogen and oxygen atoms in total. The predicted octanol–water partition coefficient (Wildman–Crippen LogP) is -0.820. The minimum atomic E-state index is -1.56. The largest absolute Gasteiger partial charge is 0.391 e. The lowest BCUT2D eigenvalue weighted by atomic mass is 9.36. The third-order valence-corrected chi connectivity index (χ3v) is 7.92. The molecular formula is C18H26N2O5. The van der Waals surface area contributed by atoms with Gasteiger partial charge in [-0.3, -0.25) is 9.59 Å². The number of nitrogens with two attached hydrogens (primary N) is 2. The number of fused-ring (bicyclic) bond motifs is 3. The van der Waals surface area contributed by atoms with Crippen LogP contribution in [-0.4, -0.2) is 57.3 Å². The van der Waals surface area contributed by atoms with Crippen LogP contribution < -0.4 is 11.5 Å². The molecule has 4 rings (SSSR count). The molecule has 3 fully saturated rings. The van der Waals surface area contributed by atoms with E-state index in [4.69, 9.17) is 16.2 Å². The number of rotatable bonds is 0. The fraction of sp³-hybridized carbons (Fsp3) is 0.778. The Bertz CT molecular complexity index is 737. The summed E-state index contributed by atoms with van der Waals surface area (Å²) in [6.07, 6.45) is -0.766. The molecule has 1 aliphatic heterocycles. The van der Waals surface area contributed by atoms with Crippen LogP contribution in [0.3, 0.4) is 0 Å². The molecule has 2 saturated carbocycles. The minimum Gasteiger partial charge on any atom is -0.391 e. The van der Waals surface area contributed by atoms with Crippen LogP contribution in [0.1, 0.15) is 40.0 Å². The number of carbonyl (C=O) groups is 2. The third kappa shape index (κ3) is 1.52. The molecule has 0 aromatic rings. The molecule has 5 unspecified atom stereocenters. The number of aliphatic hydroxyl groups excluding tert-OH is 2. The molecule has 6 N–H and O–H groups in total. The molecule has 138 valence electrons. The average Bonchev–Trinajstić information content (AvgIpc) is 2.84. The Hall–Kier alpha value is -1.12. The Balaban J connectivity index is 2.04. The van der Waals surface area contributed by atoms with Crippen molar-refractivity contribution in [1.29, 1.82) is 0 Å². The fourth-order valence-electron chi connectivity index (χ4n) is 6.28. The number of hydrogen-bond acceptors (Lipinski definition) is 7. The summed E-state index contributed by atoms with van der Waals surface area (Å²) < 4.78 is 5.89. The van der Waals surface area contributed by atoms with Gasteiger partial charge >= 0.3 is 0 Å². The first kappa shape index (κ1) is 17.3. The zero-order chi connectivity index (χ0) is 18.6. The fourth-order valence-corrected chi connectivity index (χ4v) is 6.28. The van der Waals surface area contributed by atoms with Gasteiger partial charge in [-0.05, 0) is 31.9 Å². The van der Waals surface area contributed by atoms with Crippen molar-refractivity contribution < 1.29 is 24.5 Å². The molecule has 1 spiro atoms. The maximum absolute atomic E-state index is 13.3. The molecule has 0 radical (unpaired) electrons. The highest BCUT2D eigenvalue weighted by Gasteiger charge is 2.81. The van der Waals surface area contributed by atoms with E-state index in [2.05, 4.69) is 0 Å². The average molecular weight is 350 g/mol. The molecule has 7 atom stereocenters. The van der Waals surface area contributed by atoms with Gasteiger partial charge in [0.1, 0.15) is 11.9 Å². The summed E-state index contributed by atoms with van der Waals surface area (Å²) in [5, 5.41) is 22.0. The Morgan fingerprint density at radius 3 is 2.52 bits per heavy atom. The van der Waals surface area contributed by atoms with Crippen LogP contribution in [0.15, 0.2) is 11.6 Å². The smallest absolute Gasteiger partial charge is 0.184 e. The zero-order valence-corrected chi connectivity index (χ0v) is 14.8. The minimum absolute atomic E-state index is 0.0404. The number of ether oxygens (including phenoxy) is 1. The van der Waals surface area contributed by atoms with Crippen molar-refractivity contribution in [2.75, 3.05) is 6.61 Å². The lowest BCUT2D eigenvalue weighted by Crippen LogP contribution is -2.88. The standard InChI is InChI=1S/C18H26N2O5/c1-9-4-10(21)13(24)15(3)17(9,19)6-11(22)16-7-14(2,25-8-16)5-12(23)18(15,16)20/h4,12-13,23-24H,5-8,19-20H2,1-3H3/t12?,13?,14?,15?,16?,17-,18+/m1/s1. The van der Waals surface area contributed by atoms with Crippen molar-refractivity contribution in [2.45, 2.75) is 68.9 Å². The first-order valence-corrected chi connectivity index (χ1v) is 8.72. The second-order valence-electron chi connectivity index (χ2n) is 8.99. The van der Waals surface area contributed by atoms with Crippen LogP contribution in [0, 0.1) is 10.8 Å². The van der Waals surface area contributed by atoms with Gasteiger partial charge in [0.15, 0.2) is 5.78 Å². The molecule has 7 heteroatoms. The molecule has 1 saturated heterocycles. The quantitative estimate of drug-likeness (QED) is 0.448. The highest BCUT2D eigenvalue weighted by atomic mass is 16.5. The van der Waals surface area contributed by atoms with E-state index in [1.54, 1.807) is 13.8 Å². The maximum atomic E-state index is 13.3. The monoisotopic (exact) mass is 350 g/mol. The highest BCUT2D eigenvalue weighted by molar-refractivity contribution is 6.00. The van der Waals surface area contributed by atoms with Gasteiger partial charge in [0.25, 0.3) is 0 Å². The van der Waals surface area contributed by atoms with Gasteiger partial charge in [-0.1, -0.05) is 6.92 Å². The van der Waals surface area contributed by atoms with Crippen molar-refractivity contribution in [2.24, 2.45) is 22.3 Å². The first-order chi connectivity index (χ1) is 11.4. The number of aliphatic hydroxyl groups is 2. The van der Waals surface area contributed by atoms with Gasteiger partial charge in [0, 0.05) is 18.3 Å². The van der Waals surface area contributed by atoms with E-state index in [0.29, 0.717) is 12.0 Å². The molecule has 4 aliphatic rings. The zero-order valence-electron chi connectivity index (χ0n) is 14.8. The van der Waals surface area contributed by atoms with E-state index < -0.39 is 45.5 Å². The summed E-state index contributed by atoms with van der Waals surface area (Å²) in [7, 11) is 0. The van der Waals surface area contributed by atoms with Crippen LogP contribution in [0.4, 0.5) is 0 Å². The van der Waals surface area contributed by atoms with Gasteiger partial charge in [-0.2, -0.15) is 0 Å².